The van der Waals surface area contributed by atoms with Gasteiger partial charge >= 0.3 is 0 Å². The highest BCUT2D eigenvalue weighted by atomic mass is 32.1. The molecule has 0 spiro atoms. The normalized spacial score (nSPS) is 17.5. The van der Waals surface area contributed by atoms with Crippen LogP contribution in [-0.4, -0.2) is 60.5 Å². The number of thiophene rings is 1. The molecular formula is C22H28N4O3S. The van der Waals surface area contributed by atoms with Crippen LogP contribution in [0.15, 0.2) is 36.7 Å². The Balaban J connectivity index is 1.57. The zero-order valence-electron chi connectivity index (χ0n) is 17.5. The highest BCUT2D eigenvalue weighted by molar-refractivity contribution is 7.21. The standard InChI is InChI=1S/C22H28N4O3S/c1-3-26-14-16(12-24-26)13-25-9-11-29-18(15-25)20-17-6-4-5-7-19(17)30-21(20)22(27)23-8-10-28-2/h4-7,12,14,18H,3,8-11,13,15H2,1-2H3,(H,23,27)/t18-/m1/s1. The van der Waals surface area contributed by atoms with Gasteiger partial charge in [-0.3, -0.25) is 14.4 Å². The van der Waals surface area contributed by atoms with E-state index in [-0.39, 0.29) is 12.0 Å². The summed E-state index contributed by atoms with van der Waals surface area (Å²) in [4.78, 5) is 16.0. The fraction of sp³-hybridized carbons (Fsp3) is 0.455. The van der Waals surface area contributed by atoms with Crippen LogP contribution in [0.3, 0.4) is 0 Å². The van der Waals surface area contributed by atoms with Crippen molar-refractivity contribution in [1.82, 2.24) is 20.0 Å². The van der Waals surface area contributed by atoms with Crippen molar-refractivity contribution in [3.63, 3.8) is 0 Å². The number of nitrogens with zero attached hydrogens (tertiary/aromatic N) is 3. The number of carbonyl (C=O) groups excluding carboxylic acids is 1. The first-order valence-electron chi connectivity index (χ1n) is 10.3. The summed E-state index contributed by atoms with van der Waals surface area (Å²) < 4.78 is 14.3. The van der Waals surface area contributed by atoms with Crippen LogP contribution in [0.5, 0.6) is 0 Å². The van der Waals surface area contributed by atoms with Crippen molar-refractivity contribution in [2.45, 2.75) is 26.1 Å². The van der Waals surface area contributed by atoms with Crippen LogP contribution in [0, 0.1) is 0 Å². The lowest BCUT2D eigenvalue weighted by molar-refractivity contribution is -0.0323. The molecule has 1 aliphatic rings. The second-order valence-corrected chi connectivity index (χ2v) is 8.44. The molecule has 30 heavy (non-hydrogen) atoms. The van der Waals surface area contributed by atoms with Crippen molar-refractivity contribution in [1.29, 1.82) is 0 Å². The van der Waals surface area contributed by atoms with Crippen LogP contribution < -0.4 is 5.32 Å². The zero-order valence-corrected chi connectivity index (χ0v) is 18.3. The van der Waals surface area contributed by atoms with E-state index in [0.29, 0.717) is 19.8 Å². The number of hydrogen-bond acceptors (Lipinski definition) is 6. The molecule has 3 heterocycles. The minimum absolute atomic E-state index is 0.0619. The lowest BCUT2D eigenvalue weighted by atomic mass is 10.0. The van der Waals surface area contributed by atoms with Gasteiger partial charge in [0.1, 0.15) is 0 Å². The molecule has 7 nitrogen and oxygen atoms in total. The van der Waals surface area contributed by atoms with Crippen LogP contribution in [0.25, 0.3) is 10.1 Å². The zero-order chi connectivity index (χ0) is 20.9. The van der Waals surface area contributed by atoms with E-state index >= 15 is 0 Å². The van der Waals surface area contributed by atoms with Gasteiger partial charge in [-0.15, -0.1) is 11.3 Å². The number of benzene rings is 1. The first kappa shape index (κ1) is 21.0. The molecule has 1 N–H and O–H groups in total. The average molecular weight is 429 g/mol. The van der Waals surface area contributed by atoms with Gasteiger partial charge in [0, 0.05) is 61.9 Å². The molecule has 160 valence electrons. The van der Waals surface area contributed by atoms with Gasteiger partial charge < -0.3 is 14.8 Å². The molecule has 0 saturated carbocycles. The monoisotopic (exact) mass is 428 g/mol. The highest BCUT2D eigenvalue weighted by Crippen LogP contribution is 2.38. The number of hydrogen-bond donors (Lipinski definition) is 1. The number of ether oxygens (including phenoxy) is 2. The van der Waals surface area contributed by atoms with Crippen molar-refractivity contribution in [2.24, 2.45) is 0 Å². The predicted octanol–water partition coefficient (Wildman–Crippen LogP) is 3.07. The SMILES string of the molecule is CCn1cc(CN2CCO[C@@H](c3c(C(=O)NCCOC)sc4ccccc34)C2)cn1. The van der Waals surface area contributed by atoms with E-state index in [1.165, 1.54) is 16.9 Å². The molecular weight excluding hydrogens is 400 g/mol. The van der Waals surface area contributed by atoms with Crippen molar-refractivity contribution < 1.29 is 14.3 Å². The number of nitrogens with one attached hydrogen (secondary N) is 1. The van der Waals surface area contributed by atoms with Gasteiger partial charge in [0.2, 0.25) is 0 Å². The van der Waals surface area contributed by atoms with E-state index in [1.54, 1.807) is 7.11 Å². The summed E-state index contributed by atoms with van der Waals surface area (Å²) in [6.45, 7) is 7.02. The first-order chi connectivity index (χ1) is 14.7. The Morgan fingerprint density at radius 1 is 1.40 bits per heavy atom. The number of fused-ring (bicyclic) bond motifs is 1. The van der Waals surface area contributed by atoms with Crippen LogP contribution in [0.2, 0.25) is 0 Å². The van der Waals surface area contributed by atoms with E-state index < -0.39 is 0 Å². The van der Waals surface area contributed by atoms with Gasteiger partial charge in [0.15, 0.2) is 0 Å². The molecule has 1 atom stereocenters. The van der Waals surface area contributed by atoms with Crippen molar-refractivity contribution in [3.8, 4) is 0 Å². The maximum absolute atomic E-state index is 12.9. The van der Waals surface area contributed by atoms with Gasteiger partial charge in [-0.25, -0.2) is 0 Å². The lowest BCUT2D eigenvalue weighted by Gasteiger charge is -2.33. The second kappa shape index (κ2) is 9.70. The number of carbonyl (C=O) groups is 1. The average Bonchev–Trinajstić information content (AvgIpc) is 3.38. The minimum atomic E-state index is -0.140. The number of aryl methyl sites for hydroxylation is 1. The molecule has 4 rings (SSSR count). The number of morpholine rings is 1. The quantitative estimate of drug-likeness (QED) is 0.559. The molecule has 1 aliphatic heterocycles. The van der Waals surface area contributed by atoms with Gasteiger partial charge in [0.25, 0.3) is 5.91 Å². The molecule has 0 radical (unpaired) electrons. The van der Waals surface area contributed by atoms with E-state index in [1.807, 2.05) is 23.0 Å². The third kappa shape index (κ3) is 4.57. The smallest absolute Gasteiger partial charge is 0.261 e. The summed E-state index contributed by atoms with van der Waals surface area (Å²) in [6.07, 6.45) is 3.89. The Labute approximate surface area is 180 Å². The van der Waals surface area contributed by atoms with Crippen molar-refractivity contribution in [2.75, 3.05) is 40.0 Å². The van der Waals surface area contributed by atoms with Gasteiger partial charge in [-0.05, 0) is 18.4 Å². The Morgan fingerprint density at radius 2 is 2.27 bits per heavy atom. The fourth-order valence-corrected chi connectivity index (χ4v) is 5.01. The molecule has 1 fully saturated rings. The Hall–Kier alpha value is -2.26. The van der Waals surface area contributed by atoms with Crippen molar-refractivity contribution >= 4 is 27.3 Å². The van der Waals surface area contributed by atoms with Gasteiger partial charge in [0.05, 0.1) is 30.4 Å². The summed E-state index contributed by atoms with van der Waals surface area (Å²) >= 11 is 1.53. The Bertz CT molecular complexity index is 999. The van der Waals surface area contributed by atoms with E-state index in [9.17, 15) is 4.79 Å². The minimum Gasteiger partial charge on any atom is -0.383 e. The van der Waals surface area contributed by atoms with Crippen LogP contribution in [0.1, 0.15) is 33.8 Å². The van der Waals surface area contributed by atoms with Gasteiger partial charge in [-0.2, -0.15) is 5.10 Å². The summed E-state index contributed by atoms with van der Waals surface area (Å²) in [6, 6.07) is 8.18. The maximum Gasteiger partial charge on any atom is 0.261 e. The number of aromatic nitrogens is 2. The number of rotatable bonds is 8. The summed E-state index contributed by atoms with van der Waals surface area (Å²) in [5.41, 5.74) is 2.20. The lowest BCUT2D eigenvalue weighted by Crippen LogP contribution is -2.38. The fourth-order valence-electron chi connectivity index (χ4n) is 3.84. The molecule has 0 unspecified atom stereocenters. The Morgan fingerprint density at radius 3 is 3.07 bits per heavy atom. The molecule has 3 aromatic rings. The van der Waals surface area contributed by atoms with Crippen LogP contribution in [0.4, 0.5) is 0 Å². The topological polar surface area (TPSA) is 68.6 Å². The highest BCUT2D eigenvalue weighted by Gasteiger charge is 2.29. The Kier molecular flexibility index (Phi) is 6.79. The number of amides is 1. The van der Waals surface area contributed by atoms with Crippen molar-refractivity contribution in [3.05, 3.63) is 52.7 Å². The summed E-state index contributed by atoms with van der Waals surface area (Å²) in [5, 5.41) is 8.45. The van der Waals surface area contributed by atoms with E-state index in [0.717, 1.165) is 46.7 Å². The molecule has 0 aliphatic carbocycles. The first-order valence-corrected chi connectivity index (χ1v) is 11.1. The molecule has 8 heteroatoms. The predicted molar refractivity (Wildman–Crippen MR) is 118 cm³/mol. The molecule has 1 aromatic carbocycles. The third-order valence-corrected chi connectivity index (χ3v) is 6.51. The largest absolute Gasteiger partial charge is 0.383 e. The number of methoxy groups -OCH3 is 1. The molecule has 1 saturated heterocycles. The maximum atomic E-state index is 12.9. The van der Waals surface area contributed by atoms with Crippen LogP contribution in [-0.2, 0) is 22.6 Å². The van der Waals surface area contributed by atoms with Crippen LogP contribution >= 0.6 is 11.3 Å². The third-order valence-electron chi connectivity index (χ3n) is 5.32. The molecule has 1 amide bonds. The molecule has 2 aromatic heterocycles. The summed E-state index contributed by atoms with van der Waals surface area (Å²) in [7, 11) is 1.63. The van der Waals surface area contributed by atoms with E-state index in [2.05, 4.69) is 40.6 Å². The van der Waals surface area contributed by atoms with E-state index in [4.69, 9.17) is 9.47 Å². The van der Waals surface area contributed by atoms with Gasteiger partial charge in [-0.1, -0.05) is 18.2 Å². The molecule has 0 bridgehead atoms. The second-order valence-electron chi connectivity index (χ2n) is 7.39. The summed E-state index contributed by atoms with van der Waals surface area (Å²) in [5.74, 6) is -0.0619.